The molecular formula is C13H17FN4O. The van der Waals surface area contributed by atoms with Gasteiger partial charge in [-0.25, -0.2) is 4.39 Å². The lowest BCUT2D eigenvalue weighted by molar-refractivity contribution is 0.384. The van der Waals surface area contributed by atoms with Gasteiger partial charge in [0.1, 0.15) is 17.4 Å². The number of phenolic OH excluding ortho intramolecular Hbond substituents is 1. The minimum Gasteiger partial charge on any atom is -0.507 e. The number of nitrogen functional groups attached to an aromatic ring is 1. The normalized spacial score (nSPS) is 11.2. The number of phenols is 1. The minimum atomic E-state index is -0.408. The van der Waals surface area contributed by atoms with Gasteiger partial charge in [-0.1, -0.05) is 0 Å². The summed E-state index contributed by atoms with van der Waals surface area (Å²) in [5.41, 5.74) is 7.03. The number of halogens is 1. The number of anilines is 1. The van der Waals surface area contributed by atoms with Gasteiger partial charge >= 0.3 is 0 Å². The van der Waals surface area contributed by atoms with Crippen LogP contribution >= 0.6 is 0 Å². The van der Waals surface area contributed by atoms with Gasteiger partial charge < -0.3 is 15.7 Å². The Kier molecular flexibility index (Phi) is 3.44. The summed E-state index contributed by atoms with van der Waals surface area (Å²) in [4.78, 5) is 1.85. The van der Waals surface area contributed by atoms with E-state index in [1.165, 1.54) is 16.8 Å². The monoisotopic (exact) mass is 264 g/mol. The molecule has 0 saturated heterocycles. The van der Waals surface area contributed by atoms with E-state index in [1.807, 2.05) is 19.0 Å². The zero-order chi connectivity index (χ0) is 14.2. The van der Waals surface area contributed by atoms with Gasteiger partial charge in [-0.2, -0.15) is 5.10 Å². The summed E-state index contributed by atoms with van der Waals surface area (Å²) in [7, 11) is 5.39. The highest BCUT2D eigenvalue weighted by Crippen LogP contribution is 2.33. The first-order chi connectivity index (χ1) is 8.88. The number of aromatic hydroxyl groups is 1. The highest BCUT2D eigenvalue weighted by molar-refractivity contribution is 5.70. The van der Waals surface area contributed by atoms with Crippen molar-refractivity contribution in [1.82, 2.24) is 14.7 Å². The Morgan fingerprint density at radius 3 is 2.58 bits per heavy atom. The molecule has 0 bridgehead atoms. The second-order valence-electron chi connectivity index (χ2n) is 4.78. The number of rotatable bonds is 3. The molecule has 0 unspecified atom stereocenters. The molecule has 0 fully saturated rings. The van der Waals surface area contributed by atoms with E-state index in [1.54, 1.807) is 13.1 Å². The van der Waals surface area contributed by atoms with Crippen LogP contribution in [0.15, 0.2) is 18.2 Å². The molecule has 6 heteroatoms. The fraction of sp³-hybridized carbons (Fsp3) is 0.308. The van der Waals surface area contributed by atoms with Crippen molar-refractivity contribution in [2.75, 3.05) is 19.8 Å². The summed E-state index contributed by atoms with van der Waals surface area (Å²) in [6, 6.07) is 4.19. The molecule has 0 aliphatic rings. The van der Waals surface area contributed by atoms with Gasteiger partial charge in [0, 0.05) is 30.8 Å². The maximum atomic E-state index is 13.7. The number of aryl methyl sites for hydroxylation is 1. The van der Waals surface area contributed by atoms with E-state index in [9.17, 15) is 9.50 Å². The SMILES string of the molecule is CN(C)Cc1cc(F)cc(-c2cc(N)n(C)n2)c1O. The molecule has 0 aliphatic heterocycles. The predicted octanol–water partition coefficient (Wildman–Crippen LogP) is 1.58. The Hall–Kier alpha value is -2.08. The second-order valence-corrected chi connectivity index (χ2v) is 4.78. The summed E-state index contributed by atoms with van der Waals surface area (Å²) >= 11 is 0. The fourth-order valence-corrected chi connectivity index (χ4v) is 1.93. The third-order valence-corrected chi connectivity index (χ3v) is 2.83. The van der Waals surface area contributed by atoms with Crippen molar-refractivity contribution in [3.05, 3.63) is 29.6 Å². The van der Waals surface area contributed by atoms with Gasteiger partial charge in [0.15, 0.2) is 0 Å². The first-order valence-electron chi connectivity index (χ1n) is 5.84. The molecule has 1 heterocycles. The van der Waals surface area contributed by atoms with Crippen molar-refractivity contribution in [3.8, 4) is 17.0 Å². The van der Waals surface area contributed by atoms with E-state index in [0.717, 1.165) is 0 Å². The number of hydrogen-bond donors (Lipinski definition) is 2. The summed E-state index contributed by atoms with van der Waals surface area (Å²) in [6.45, 7) is 0.443. The summed E-state index contributed by atoms with van der Waals surface area (Å²) < 4.78 is 15.1. The molecule has 1 aromatic heterocycles. The molecule has 0 amide bonds. The van der Waals surface area contributed by atoms with Crippen molar-refractivity contribution in [2.24, 2.45) is 7.05 Å². The van der Waals surface area contributed by atoms with Crippen molar-refractivity contribution >= 4 is 5.82 Å². The molecule has 1 aromatic carbocycles. The number of aromatic nitrogens is 2. The maximum absolute atomic E-state index is 13.7. The fourth-order valence-electron chi connectivity index (χ4n) is 1.93. The minimum absolute atomic E-state index is 0.0354. The molecule has 102 valence electrons. The van der Waals surface area contributed by atoms with Crippen LogP contribution in [-0.2, 0) is 13.6 Å². The first kappa shape index (κ1) is 13.4. The molecule has 19 heavy (non-hydrogen) atoms. The molecule has 3 N–H and O–H groups in total. The number of nitrogens with two attached hydrogens (primary N) is 1. The summed E-state index contributed by atoms with van der Waals surface area (Å²) in [5, 5.41) is 14.4. The largest absolute Gasteiger partial charge is 0.507 e. The van der Waals surface area contributed by atoms with Gasteiger partial charge in [0.25, 0.3) is 0 Å². The lowest BCUT2D eigenvalue weighted by Gasteiger charge is -2.13. The van der Waals surface area contributed by atoms with Crippen LogP contribution in [0.25, 0.3) is 11.3 Å². The van der Waals surface area contributed by atoms with Crippen molar-refractivity contribution in [3.63, 3.8) is 0 Å². The van der Waals surface area contributed by atoms with E-state index >= 15 is 0 Å². The molecule has 0 saturated carbocycles. The molecule has 2 aromatic rings. The van der Waals surface area contributed by atoms with E-state index in [0.29, 0.717) is 29.2 Å². The van der Waals surface area contributed by atoms with E-state index in [-0.39, 0.29) is 5.75 Å². The number of nitrogens with zero attached hydrogens (tertiary/aromatic N) is 3. The van der Waals surface area contributed by atoms with Gasteiger partial charge in [0.05, 0.1) is 5.69 Å². The van der Waals surface area contributed by atoms with Crippen molar-refractivity contribution < 1.29 is 9.50 Å². The van der Waals surface area contributed by atoms with Crippen LogP contribution in [0.1, 0.15) is 5.56 Å². The van der Waals surface area contributed by atoms with E-state index in [4.69, 9.17) is 5.73 Å². The third-order valence-electron chi connectivity index (χ3n) is 2.83. The quantitative estimate of drug-likeness (QED) is 0.883. The molecule has 0 spiro atoms. The highest BCUT2D eigenvalue weighted by Gasteiger charge is 2.15. The number of benzene rings is 1. The van der Waals surface area contributed by atoms with Crippen LogP contribution in [0.3, 0.4) is 0 Å². The third kappa shape index (κ3) is 2.68. The highest BCUT2D eigenvalue weighted by atomic mass is 19.1. The van der Waals surface area contributed by atoms with Gasteiger partial charge in [-0.05, 0) is 26.2 Å². The average Bonchev–Trinajstić information content (AvgIpc) is 2.63. The molecule has 5 nitrogen and oxygen atoms in total. The smallest absolute Gasteiger partial charge is 0.129 e. The van der Waals surface area contributed by atoms with E-state index < -0.39 is 5.82 Å². The molecule has 0 atom stereocenters. The zero-order valence-electron chi connectivity index (χ0n) is 11.2. The topological polar surface area (TPSA) is 67.3 Å². The van der Waals surface area contributed by atoms with Gasteiger partial charge in [0.2, 0.25) is 0 Å². The van der Waals surface area contributed by atoms with Gasteiger partial charge in [-0.3, -0.25) is 4.68 Å². The van der Waals surface area contributed by atoms with Crippen LogP contribution in [-0.4, -0.2) is 33.9 Å². The predicted molar refractivity (Wildman–Crippen MR) is 72.1 cm³/mol. The Bertz CT molecular complexity index is 587. The average molecular weight is 264 g/mol. The molecule has 0 aliphatic carbocycles. The Labute approximate surface area is 111 Å². The molecular weight excluding hydrogens is 247 g/mol. The molecule has 0 radical (unpaired) electrons. The maximum Gasteiger partial charge on any atom is 0.129 e. The first-order valence-corrected chi connectivity index (χ1v) is 5.84. The Morgan fingerprint density at radius 1 is 1.37 bits per heavy atom. The van der Waals surface area contributed by atoms with Crippen molar-refractivity contribution in [1.29, 1.82) is 0 Å². The van der Waals surface area contributed by atoms with Crippen LogP contribution in [0.5, 0.6) is 5.75 Å². The second kappa shape index (κ2) is 4.89. The summed E-state index contributed by atoms with van der Waals surface area (Å²) in [5.74, 6) is 0.0786. The van der Waals surface area contributed by atoms with E-state index in [2.05, 4.69) is 5.10 Å². The van der Waals surface area contributed by atoms with Gasteiger partial charge in [-0.15, -0.1) is 0 Å². The standard InChI is InChI=1S/C13H17FN4O/c1-17(2)7-8-4-9(14)5-10(13(8)19)11-6-12(15)18(3)16-11/h4-6,19H,7,15H2,1-3H3. The van der Waals surface area contributed by atoms with Crippen LogP contribution in [0.4, 0.5) is 10.2 Å². The Morgan fingerprint density at radius 2 is 2.05 bits per heavy atom. The number of hydrogen-bond acceptors (Lipinski definition) is 4. The summed E-state index contributed by atoms with van der Waals surface area (Å²) in [6.07, 6.45) is 0. The van der Waals surface area contributed by atoms with Crippen LogP contribution in [0, 0.1) is 5.82 Å². The Balaban J connectivity index is 2.54. The zero-order valence-corrected chi connectivity index (χ0v) is 11.2. The van der Waals surface area contributed by atoms with Crippen LogP contribution in [0.2, 0.25) is 0 Å². The molecule has 2 rings (SSSR count). The van der Waals surface area contributed by atoms with Crippen LogP contribution < -0.4 is 5.73 Å². The lowest BCUT2D eigenvalue weighted by atomic mass is 10.1. The van der Waals surface area contributed by atoms with Crippen molar-refractivity contribution in [2.45, 2.75) is 6.54 Å². The lowest BCUT2D eigenvalue weighted by Crippen LogP contribution is -2.11.